The Morgan fingerprint density at radius 3 is 2.70 bits per heavy atom. The summed E-state index contributed by atoms with van der Waals surface area (Å²) in [5.74, 6) is 0.343. The molecule has 0 spiro atoms. The van der Waals surface area contributed by atoms with Crippen molar-refractivity contribution < 1.29 is 13.5 Å². The zero-order chi connectivity index (χ0) is 18.8. The molecule has 0 saturated carbocycles. The van der Waals surface area contributed by atoms with Crippen LogP contribution in [-0.4, -0.2) is 63.3 Å². The zero-order valence-corrected chi connectivity index (χ0v) is 18.5. The fraction of sp³-hybridized carbons (Fsp3) is 0.632. The van der Waals surface area contributed by atoms with E-state index in [2.05, 4.69) is 27.4 Å². The smallest absolute Gasteiger partial charge is 0.191 e. The Morgan fingerprint density at radius 2 is 2.00 bits per heavy atom. The Hall–Kier alpha value is -1.00. The monoisotopic (exact) mass is 496 g/mol. The van der Waals surface area contributed by atoms with Gasteiger partial charge >= 0.3 is 0 Å². The summed E-state index contributed by atoms with van der Waals surface area (Å²) in [6.07, 6.45) is 0.400. The Bertz CT molecular complexity index is 583. The van der Waals surface area contributed by atoms with Crippen LogP contribution in [0.2, 0.25) is 0 Å². The van der Waals surface area contributed by atoms with Crippen molar-refractivity contribution in [3.63, 3.8) is 0 Å². The molecule has 154 valence electrons. The molecule has 1 aromatic carbocycles. The number of benzene rings is 1. The molecule has 27 heavy (non-hydrogen) atoms. The van der Waals surface area contributed by atoms with E-state index in [0.29, 0.717) is 37.0 Å². The van der Waals surface area contributed by atoms with Gasteiger partial charge in [0.25, 0.3) is 0 Å². The molecular weight excluding hydrogens is 465 g/mol. The summed E-state index contributed by atoms with van der Waals surface area (Å²) in [6, 6.07) is 3.54. The van der Waals surface area contributed by atoms with E-state index in [1.54, 1.807) is 0 Å². The van der Waals surface area contributed by atoms with Gasteiger partial charge in [-0.3, -0.25) is 9.89 Å². The van der Waals surface area contributed by atoms with Crippen molar-refractivity contribution >= 4 is 29.9 Å². The molecule has 0 radical (unpaired) electrons. The van der Waals surface area contributed by atoms with E-state index in [-0.39, 0.29) is 29.8 Å². The normalized spacial score (nSPS) is 16.5. The highest BCUT2D eigenvalue weighted by atomic mass is 127. The van der Waals surface area contributed by atoms with E-state index >= 15 is 0 Å². The predicted molar refractivity (Wildman–Crippen MR) is 116 cm³/mol. The molecular formula is C19H31F2IN4O. The standard InChI is InChI=1S/C19H30F2N4O.HI/c1-3-22-19(23-7-6-16-12-17(20)4-5-18(16)21)24-13-15(2)14-25-8-10-26-11-9-25;/h4-5,12,15H,3,6-11,13-14H2,1-2H3,(H2,22,23,24);1H. The average molecular weight is 496 g/mol. The van der Waals surface area contributed by atoms with Crippen LogP contribution in [-0.2, 0) is 11.2 Å². The molecule has 5 nitrogen and oxygen atoms in total. The van der Waals surface area contributed by atoms with Crippen LogP contribution in [0.1, 0.15) is 19.4 Å². The number of rotatable bonds is 8. The number of morpholine rings is 1. The molecule has 1 aliphatic heterocycles. The maximum Gasteiger partial charge on any atom is 0.191 e. The van der Waals surface area contributed by atoms with Gasteiger partial charge < -0.3 is 15.4 Å². The van der Waals surface area contributed by atoms with Crippen molar-refractivity contribution in [2.45, 2.75) is 20.3 Å². The van der Waals surface area contributed by atoms with Crippen LogP contribution in [0, 0.1) is 17.6 Å². The molecule has 8 heteroatoms. The summed E-state index contributed by atoms with van der Waals surface area (Å²) < 4.78 is 32.3. The van der Waals surface area contributed by atoms with Crippen molar-refractivity contribution in [1.29, 1.82) is 0 Å². The first kappa shape index (κ1) is 24.0. The van der Waals surface area contributed by atoms with E-state index in [1.165, 1.54) is 6.07 Å². The maximum absolute atomic E-state index is 13.7. The lowest BCUT2D eigenvalue weighted by Crippen LogP contribution is -2.40. The van der Waals surface area contributed by atoms with Gasteiger partial charge in [-0.15, -0.1) is 24.0 Å². The van der Waals surface area contributed by atoms with E-state index in [1.807, 2.05) is 6.92 Å². The second-order valence-electron chi connectivity index (χ2n) is 6.65. The third-order valence-corrected chi connectivity index (χ3v) is 4.27. The van der Waals surface area contributed by atoms with Gasteiger partial charge in [0, 0.05) is 39.3 Å². The van der Waals surface area contributed by atoms with E-state index in [0.717, 1.165) is 51.5 Å². The Labute approximate surface area is 178 Å². The topological polar surface area (TPSA) is 48.9 Å². The fourth-order valence-electron chi connectivity index (χ4n) is 2.92. The second-order valence-corrected chi connectivity index (χ2v) is 6.65. The molecule has 1 unspecified atom stereocenters. The molecule has 1 aromatic rings. The number of hydrogen-bond donors (Lipinski definition) is 2. The Morgan fingerprint density at radius 1 is 1.26 bits per heavy atom. The van der Waals surface area contributed by atoms with Crippen LogP contribution in [0.4, 0.5) is 8.78 Å². The highest BCUT2D eigenvalue weighted by molar-refractivity contribution is 14.0. The fourth-order valence-corrected chi connectivity index (χ4v) is 2.92. The largest absolute Gasteiger partial charge is 0.379 e. The lowest BCUT2D eigenvalue weighted by molar-refractivity contribution is 0.0323. The van der Waals surface area contributed by atoms with Gasteiger partial charge in [-0.25, -0.2) is 8.78 Å². The molecule has 1 fully saturated rings. The van der Waals surface area contributed by atoms with Gasteiger partial charge in [0.05, 0.1) is 13.2 Å². The first-order chi connectivity index (χ1) is 12.6. The first-order valence-corrected chi connectivity index (χ1v) is 9.34. The van der Waals surface area contributed by atoms with Gasteiger partial charge in [0.2, 0.25) is 0 Å². The number of halogens is 3. The number of nitrogens with one attached hydrogen (secondary N) is 2. The van der Waals surface area contributed by atoms with Crippen molar-refractivity contribution in [2.24, 2.45) is 10.9 Å². The lowest BCUT2D eigenvalue weighted by Gasteiger charge is -2.28. The van der Waals surface area contributed by atoms with Crippen molar-refractivity contribution in [3.05, 3.63) is 35.4 Å². The van der Waals surface area contributed by atoms with Crippen LogP contribution in [0.3, 0.4) is 0 Å². The number of ether oxygens (including phenoxy) is 1. The molecule has 0 amide bonds. The van der Waals surface area contributed by atoms with Crippen molar-refractivity contribution in [3.8, 4) is 0 Å². The van der Waals surface area contributed by atoms with Gasteiger partial charge in [0.15, 0.2) is 5.96 Å². The molecule has 1 aliphatic rings. The van der Waals surface area contributed by atoms with E-state index in [9.17, 15) is 8.78 Å². The number of guanidine groups is 1. The quantitative estimate of drug-likeness (QED) is 0.330. The van der Waals surface area contributed by atoms with Crippen molar-refractivity contribution in [2.75, 3.05) is 52.5 Å². The molecule has 0 bridgehead atoms. The number of aliphatic imine (C=N–C) groups is 1. The summed E-state index contributed by atoms with van der Waals surface area (Å²) >= 11 is 0. The SMILES string of the molecule is CCNC(=NCC(C)CN1CCOCC1)NCCc1cc(F)ccc1F.I. The number of nitrogens with zero attached hydrogens (tertiary/aromatic N) is 2. The summed E-state index contributed by atoms with van der Waals surface area (Å²) in [5, 5.41) is 6.38. The van der Waals surface area contributed by atoms with Crippen LogP contribution in [0.25, 0.3) is 0 Å². The van der Waals surface area contributed by atoms with Crippen molar-refractivity contribution in [1.82, 2.24) is 15.5 Å². The average Bonchev–Trinajstić information content (AvgIpc) is 2.63. The Kier molecular flexibility index (Phi) is 11.8. The van der Waals surface area contributed by atoms with Gasteiger partial charge in [-0.2, -0.15) is 0 Å². The summed E-state index contributed by atoms with van der Waals surface area (Å²) in [4.78, 5) is 7.02. The second kappa shape index (κ2) is 13.2. The van der Waals surface area contributed by atoms with Crippen LogP contribution in [0.15, 0.2) is 23.2 Å². The summed E-state index contributed by atoms with van der Waals surface area (Å²) in [5.41, 5.74) is 0.369. The molecule has 2 rings (SSSR count). The third kappa shape index (κ3) is 9.16. The minimum absolute atomic E-state index is 0. The molecule has 2 N–H and O–H groups in total. The van der Waals surface area contributed by atoms with Crippen LogP contribution < -0.4 is 10.6 Å². The summed E-state index contributed by atoms with van der Waals surface area (Å²) in [6.45, 7) is 10.7. The maximum atomic E-state index is 13.7. The summed E-state index contributed by atoms with van der Waals surface area (Å²) in [7, 11) is 0. The highest BCUT2D eigenvalue weighted by Crippen LogP contribution is 2.09. The third-order valence-electron chi connectivity index (χ3n) is 4.27. The minimum atomic E-state index is -0.418. The molecule has 1 saturated heterocycles. The molecule has 0 aromatic heterocycles. The van der Waals surface area contributed by atoms with Gasteiger partial charge in [-0.1, -0.05) is 6.92 Å². The van der Waals surface area contributed by atoms with Gasteiger partial charge in [0.1, 0.15) is 11.6 Å². The Balaban J connectivity index is 0.00000364. The lowest BCUT2D eigenvalue weighted by atomic mass is 10.1. The molecule has 0 aliphatic carbocycles. The zero-order valence-electron chi connectivity index (χ0n) is 16.1. The van der Waals surface area contributed by atoms with Crippen LogP contribution in [0.5, 0.6) is 0 Å². The number of hydrogen-bond acceptors (Lipinski definition) is 3. The minimum Gasteiger partial charge on any atom is -0.379 e. The molecule has 1 heterocycles. The first-order valence-electron chi connectivity index (χ1n) is 9.34. The van der Waals surface area contributed by atoms with E-state index < -0.39 is 5.82 Å². The van der Waals surface area contributed by atoms with Crippen LogP contribution >= 0.6 is 24.0 Å². The molecule has 1 atom stereocenters. The van der Waals surface area contributed by atoms with Gasteiger partial charge in [-0.05, 0) is 43.0 Å². The predicted octanol–water partition coefficient (Wildman–Crippen LogP) is 2.65. The van der Waals surface area contributed by atoms with E-state index in [4.69, 9.17) is 4.74 Å². The highest BCUT2D eigenvalue weighted by Gasteiger charge is 2.13.